The highest BCUT2D eigenvalue weighted by molar-refractivity contribution is 8.24. The molecule has 1 aromatic carbocycles. The number of pyridine rings is 1. The SMILES string of the molecule is Nc1n[nH]c2nc(N3CCS(O)(O)CC3)cc(-c3ccccc3)c12. The van der Waals surface area contributed by atoms with E-state index < -0.39 is 10.6 Å². The van der Waals surface area contributed by atoms with E-state index in [1.807, 2.05) is 36.4 Å². The molecule has 1 saturated heterocycles. The van der Waals surface area contributed by atoms with E-state index in [4.69, 9.17) is 5.73 Å². The molecule has 0 unspecified atom stereocenters. The van der Waals surface area contributed by atoms with Crippen LogP contribution in [0.2, 0.25) is 0 Å². The molecule has 126 valence electrons. The van der Waals surface area contributed by atoms with Gasteiger partial charge in [0.15, 0.2) is 11.5 Å². The van der Waals surface area contributed by atoms with Crippen molar-refractivity contribution >= 4 is 33.3 Å². The van der Waals surface area contributed by atoms with Crippen molar-refractivity contribution in [2.24, 2.45) is 0 Å². The number of hydrogen-bond donors (Lipinski definition) is 4. The van der Waals surface area contributed by atoms with E-state index in [1.165, 1.54) is 0 Å². The quantitative estimate of drug-likeness (QED) is 0.568. The van der Waals surface area contributed by atoms with E-state index in [-0.39, 0.29) is 0 Å². The molecule has 4 rings (SSSR count). The third-order valence-corrected chi connectivity index (χ3v) is 6.00. The molecule has 0 atom stereocenters. The van der Waals surface area contributed by atoms with Gasteiger partial charge in [0.2, 0.25) is 0 Å². The van der Waals surface area contributed by atoms with Gasteiger partial charge in [0, 0.05) is 18.7 Å². The van der Waals surface area contributed by atoms with Crippen molar-refractivity contribution in [3.63, 3.8) is 0 Å². The van der Waals surface area contributed by atoms with E-state index in [0.717, 1.165) is 22.3 Å². The molecule has 7 nitrogen and oxygen atoms in total. The zero-order chi connectivity index (χ0) is 16.7. The minimum absolute atomic E-state index is 0.374. The Hall–Kier alpha value is -2.29. The highest BCUT2D eigenvalue weighted by atomic mass is 32.3. The first kappa shape index (κ1) is 15.3. The number of anilines is 2. The van der Waals surface area contributed by atoms with Crippen molar-refractivity contribution in [3.8, 4) is 11.1 Å². The van der Waals surface area contributed by atoms with Crippen LogP contribution in [0.5, 0.6) is 0 Å². The van der Waals surface area contributed by atoms with E-state index in [1.54, 1.807) is 0 Å². The fourth-order valence-corrected chi connectivity index (χ4v) is 4.23. The molecule has 2 aromatic heterocycles. The maximum absolute atomic E-state index is 9.81. The Bertz CT molecular complexity index is 871. The Morgan fingerprint density at radius 2 is 1.83 bits per heavy atom. The van der Waals surface area contributed by atoms with E-state index in [0.29, 0.717) is 36.1 Å². The molecule has 3 aromatic rings. The van der Waals surface area contributed by atoms with Crippen molar-refractivity contribution in [1.82, 2.24) is 15.2 Å². The summed E-state index contributed by atoms with van der Waals surface area (Å²) in [5, 5.41) is 7.79. The van der Waals surface area contributed by atoms with Gasteiger partial charge in [-0.25, -0.2) is 4.98 Å². The molecule has 1 aliphatic rings. The zero-order valence-corrected chi connectivity index (χ0v) is 13.8. The number of benzene rings is 1. The standard InChI is InChI=1S/C16H19N5O2S/c17-15-14-12(11-4-2-1-3-5-11)10-13(18-16(14)20-19-15)21-6-8-24(22,23)9-7-21/h1-5,10,22-23H,6-9H2,(H3,17,18,19,20). The van der Waals surface area contributed by atoms with Crippen molar-refractivity contribution < 1.29 is 9.11 Å². The molecule has 1 fully saturated rings. The molecule has 24 heavy (non-hydrogen) atoms. The largest absolute Gasteiger partial charge is 0.382 e. The van der Waals surface area contributed by atoms with Crippen LogP contribution in [0.4, 0.5) is 11.6 Å². The zero-order valence-electron chi connectivity index (χ0n) is 13.0. The van der Waals surface area contributed by atoms with Crippen LogP contribution in [0, 0.1) is 0 Å². The van der Waals surface area contributed by atoms with E-state index in [2.05, 4.69) is 20.1 Å². The van der Waals surface area contributed by atoms with Gasteiger partial charge in [-0.3, -0.25) is 14.2 Å². The maximum Gasteiger partial charge on any atom is 0.160 e. The van der Waals surface area contributed by atoms with Crippen molar-refractivity contribution in [1.29, 1.82) is 0 Å². The average Bonchev–Trinajstić information content (AvgIpc) is 2.96. The molecule has 3 heterocycles. The van der Waals surface area contributed by atoms with Gasteiger partial charge >= 0.3 is 0 Å². The predicted octanol–water partition coefficient (Wildman–Crippen LogP) is 2.78. The second-order valence-electron chi connectivity index (χ2n) is 5.92. The van der Waals surface area contributed by atoms with Crippen LogP contribution >= 0.6 is 10.6 Å². The molecule has 0 radical (unpaired) electrons. The summed E-state index contributed by atoms with van der Waals surface area (Å²) in [7, 11) is -2.43. The Morgan fingerprint density at radius 3 is 2.54 bits per heavy atom. The Labute approximate surface area is 140 Å². The number of aromatic nitrogens is 3. The van der Waals surface area contributed by atoms with Gasteiger partial charge in [0.05, 0.1) is 16.9 Å². The van der Waals surface area contributed by atoms with E-state index >= 15 is 0 Å². The minimum Gasteiger partial charge on any atom is -0.382 e. The van der Waals surface area contributed by atoms with Crippen LogP contribution in [-0.2, 0) is 0 Å². The van der Waals surface area contributed by atoms with Crippen LogP contribution in [0.1, 0.15) is 0 Å². The molecule has 0 amide bonds. The lowest BCUT2D eigenvalue weighted by atomic mass is 10.0. The fourth-order valence-electron chi connectivity index (χ4n) is 3.00. The normalized spacial score (nSPS) is 18.7. The van der Waals surface area contributed by atoms with Crippen LogP contribution in [0.25, 0.3) is 22.2 Å². The summed E-state index contributed by atoms with van der Waals surface area (Å²) in [5.74, 6) is 1.97. The number of aromatic amines is 1. The molecule has 0 spiro atoms. The lowest BCUT2D eigenvalue weighted by Crippen LogP contribution is -2.38. The van der Waals surface area contributed by atoms with Gasteiger partial charge in [-0.15, -0.1) is 0 Å². The van der Waals surface area contributed by atoms with Crippen LogP contribution in [0.15, 0.2) is 36.4 Å². The van der Waals surface area contributed by atoms with Gasteiger partial charge < -0.3 is 10.6 Å². The molecule has 0 bridgehead atoms. The first-order chi connectivity index (χ1) is 11.5. The van der Waals surface area contributed by atoms with Crippen molar-refractivity contribution in [3.05, 3.63) is 36.4 Å². The summed E-state index contributed by atoms with van der Waals surface area (Å²) in [6.45, 7) is 1.14. The highest BCUT2D eigenvalue weighted by Gasteiger charge is 2.24. The summed E-state index contributed by atoms with van der Waals surface area (Å²) in [5.41, 5.74) is 8.67. The molecule has 0 saturated carbocycles. The van der Waals surface area contributed by atoms with Gasteiger partial charge in [-0.1, -0.05) is 30.3 Å². The number of rotatable bonds is 2. The molecular formula is C16H19N5O2S. The number of nitrogens with two attached hydrogens (primary N) is 1. The Balaban J connectivity index is 1.81. The fraction of sp³-hybridized carbons (Fsp3) is 0.250. The summed E-state index contributed by atoms with van der Waals surface area (Å²) < 4.78 is 19.6. The van der Waals surface area contributed by atoms with Crippen LogP contribution < -0.4 is 10.6 Å². The monoisotopic (exact) mass is 345 g/mol. The van der Waals surface area contributed by atoms with Gasteiger partial charge in [0.25, 0.3) is 0 Å². The third-order valence-electron chi connectivity index (χ3n) is 4.33. The third kappa shape index (κ3) is 2.68. The number of fused-ring (bicyclic) bond motifs is 1. The Kier molecular flexibility index (Phi) is 3.60. The molecule has 8 heteroatoms. The average molecular weight is 345 g/mol. The second kappa shape index (κ2) is 5.66. The highest BCUT2D eigenvalue weighted by Crippen LogP contribution is 2.42. The Morgan fingerprint density at radius 1 is 1.12 bits per heavy atom. The van der Waals surface area contributed by atoms with Gasteiger partial charge in [-0.2, -0.15) is 15.7 Å². The van der Waals surface area contributed by atoms with Crippen molar-refractivity contribution in [2.75, 3.05) is 35.2 Å². The molecular weight excluding hydrogens is 326 g/mol. The number of nitrogens with zero attached hydrogens (tertiary/aromatic N) is 3. The lowest BCUT2D eigenvalue weighted by molar-refractivity contribution is 0.479. The summed E-state index contributed by atoms with van der Waals surface area (Å²) in [6.07, 6.45) is 0. The first-order valence-corrected chi connectivity index (χ1v) is 9.60. The molecule has 1 aliphatic heterocycles. The smallest absolute Gasteiger partial charge is 0.160 e. The molecule has 5 N–H and O–H groups in total. The summed E-state index contributed by atoms with van der Waals surface area (Å²) in [4.78, 5) is 6.70. The summed E-state index contributed by atoms with van der Waals surface area (Å²) in [6, 6.07) is 12.0. The molecule has 0 aliphatic carbocycles. The number of nitrogens with one attached hydrogen (secondary N) is 1. The van der Waals surface area contributed by atoms with Crippen LogP contribution in [-0.4, -0.2) is 48.9 Å². The second-order valence-corrected chi connectivity index (χ2v) is 8.34. The number of H-pyrrole nitrogens is 1. The minimum atomic E-state index is -2.43. The van der Waals surface area contributed by atoms with E-state index in [9.17, 15) is 9.11 Å². The summed E-state index contributed by atoms with van der Waals surface area (Å²) >= 11 is 0. The number of nitrogen functional groups attached to an aromatic ring is 1. The van der Waals surface area contributed by atoms with Crippen LogP contribution in [0.3, 0.4) is 0 Å². The van der Waals surface area contributed by atoms with Gasteiger partial charge in [-0.05, 0) is 11.6 Å². The maximum atomic E-state index is 9.81. The van der Waals surface area contributed by atoms with Gasteiger partial charge in [0.1, 0.15) is 5.82 Å². The lowest BCUT2D eigenvalue weighted by Gasteiger charge is -2.41. The number of hydrogen-bond acceptors (Lipinski definition) is 6. The predicted molar refractivity (Wildman–Crippen MR) is 98.5 cm³/mol. The first-order valence-electron chi connectivity index (χ1n) is 7.72. The topological polar surface area (TPSA) is 111 Å². The van der Waals surface area contributed by atoms with Crippen molar-refractivity contribution in [2.45, 2.75) is 0 Å².